The Morgan fingerprint density at radius 3 is 1.24 bits per heavy atom. The van der Waals surface area contributed by atoms with E-state index in [0.29, 0.717) is 32.0 Å². The summed E-state index contributed by atoms with van der Waals surface area (Å²) in [7, 11) is 0. The van der Waals surface area contributed by atoms with Crippen LogP contribution in [0.15, 0.2) is 109 Å². The highest BCUT2D eigenvalue weighted by molar-refractivity contribution is 6.28. The lowest BCUT2D eigenvalue weighted by Crippen LogP contribution is -2.18. The molecule has 0 saturated heterocycles. The lowest BCUT2D eigenvalue weighted by atomic mass is 10.0. The molecule has 0 fully saturated rings. The van der Waals surface area contributed by atoms with E-state index in [1.807, 2.05) is 12.1 Å². The van der Waals surface area contributed by atoms with Gasteiger partial charge in [0, 0.05) is 11.1 Å². The van der Waals surface area contributed by atoms with Crippen LogP contribution >= 0.6 is 0 Å². The van der Waals surface area contributed by atoms with Gasteiger partial charge in [-0.2, -0.15) is 10.5 Å². The number of Topliss-reactive ketones (excluding diaryl/α,β-unsaturated/α-hetero) is 4. The minimum absolute atomic E-state index is 0.00866. The van der Waals surface area contributed by atoms with Crippen LogP contribution in [-0.2, 0) is 9.59 Å². The molecule has 4 aromatic carbocycles. The van der Waals surface area contributed by atoms with Crippen LogP contribution in [0.2, 0.25) is 0 Å². The topological polar surface area (TPSA) is 125 Å². The zero-order valence-corrected chi connectivity index (χ0v) is 24.8. The zero-order valence-electron chi connectivity index (χ0n) is 24.8. The normalized spacial score (nSPS) is 9.35. The van der Waals surface area contributed by atoms with Gasteiger partial charge in [-0.3, -0.25) is 9.59 Å². The zero-order chi connectivity index (χ0) is 33.6. The Morgan fingerprint density at radius 1 is 0.500 bits per heavy atom. The van der Waals surface area contributed by atoms with Crippen molar-refractivity contribution < 1.29 is 19.2 Å². The van der Waals surface area contributed by atoms with E-state index in [2.05, 4.69) is 9.69 Å². The Hall–Kier alpha value is -7.00. The lowest BCUT2D eigenvalue weighted by Gasteiger charge is -2.01. The van der Waals surface area contributed by atoms with Gasteiger partial charge in [-0.05, 0) is 34.7 Å². The first-order valence-corrected chi connectivity index (χ1v) is 13.6. The fraction of sp³-hybridized carbons (Fsp3) is 0.0526. The summed E-state index contributed by atoms with van der Waals surface area (Å²) in [5.41, 5.74) is 0.968. The summed E-state index contributed by atoms with van der Waals surface area (Å²) in [5.74, 6) is -1.36. The molecule has 4 aromatic rings. The van der Waals surface area contributed by atoms with Crippen LogP contribution in [0.5, 0.6) is 0 Å². The average Bonchev–Trinajstić information content (AvgIpc) is 3.08. The van der Waals surface area contributed by atoms with Crippen LogP contribution in [0, 0.1) is 35.8 Å². The van der Waals surface area contributed by atoms with Crippen LogP contribution in [0.3, 0.4) is 0 Å². The first-order chi connectivity index (χ1) is 22.2. The third-order valence-electron chi connectivity index (χ3n) is 6.54. The third-order valence-corrected chi connectivity index (χ3v) is 6.54. The van der Waals surface area contributed by atoms with Crippen molar-refractivity contribution in [2.45, 2.75) is 13.8 Å². The molecule has 4 rings (SSSR count). The van der Waals surface area contributed by atoms with Gasteiger partial charge >= 0.3 is 0 Å². The smallest absolute Gasteiger partial charge is 0.241 e. The largest absolute Gasteiger partial charge is 0.308 e. The van der Waals surface area contributed by atoms with Gasteiger partial charge in [-0.15, -0.1) is 0 Å². The van der Waals surface area contributed by atoms with Gasteiger partial charge < -0.3 is 9.59 Å². The van der Waals surface area contributed by atoms with Gasteiger partial charge in [-0.25, -0.2) is 9.69 Å². The molecule has 0 bridgehead atoms. The molecule has 0 aliphatic rings. The van der Waals surface area contributed by atoms with Gasteiger partial charge in [-0.1, -0.05) is 109 Å². The van der Waals surface area contributed by atoms with Crippen molar-refractivity contribution in [1.82, 2.24) is 0 Å². The van der Waals surface area contributed by atoms with Crippen molar-refractivity contribution in [3.8, 4) is 12.1 Å². The van der Waals surface area contributed by atoms with E-state index >= 15 is 0 Å². The van der Waals surface area contributed by atoms with Crippen molar-refractivity contribution in [2.24, 2.45) is 0 Å². The van der Waals surface area contributed by atoms with Gasteiger partial charge in [0.2, 0.25) is 17.2 Å². The van der Waals surface area contributed by atoms with Crippen molar-refractivity contribution in [2.75, 3.05) is 0 Å². The highest BCUT2D eigenvalue weighted by atomic mass is 16.1. The fourth-order valence-electron chi connectivity index (χ4n) is 4.24. The highest BCUT2D eigenvalue weighted by Crippen LogP contribution is 2.10. The summed E-state index contributed by atoms with van der Waals surface area (Å²) in [6.07, 6.45) is 0. The molecule has 0 unspecified atom stereocenters. The van der Waals surface area contributed by atoms with E-state index in [4.69, 9.17) is 18.4 Å². The van der Waals surface area contributed by atoms with E-state index in [9.17, 15) is 24.4 Å². The molecule has 220 valence electrons. The van der Waals surface area contributed by atoms with Gasteiger partial charge in [0.1, 0.15) is 23.3 Å². The van der Waals surface area contributed by atoms with E-state index in [1.54, 1.807) is 109 Å². The monoisotopic (exact) mass is 600 g/mol. The summed E-state index contributed by atoms with van der Waals surface area (Å²) in [6.45, 7) is 17.0. The number of benzene rings is 4. The molecule has 8 heteroatoms. The second-order valence-electron chi connectivity index (χ2n) is 9.55. The molecule has 0 saturated carbocycles. The van der Waals surface area contributed by atoms with Crippen LogP contribution in [0.4, 0.5) is 0 Å². The van der Waals surface area contributed by atoms with E-state index in [1.165, 1.54) is 13.8 Å². The van der Waals surface area contributed by atoms with Gasteiger partial charge in [0.25, 0.3) is 0 Å². The Kier molecular flexibility index (Phi) is 11.7. The number of carbonyl (C=O) groups excluding carboxylic acids is 4. The molecule has 0 aliphatic carbocycles. The standard InChI is InChI=1S/C24H14N2O2.C14H10N2O2/c1-26-22(24(28)20-10-6-3-7-11-20)18-14-12-17(13-15-18)21(16-25)23(27)19-8-4-2-5-9-19;1-9(17)13(8-15)11-4-6-12(7-5-11)14(16-3)10(2)18/h2-15H;4-7H,1-2H3. The number of nitriles is 2. The Bertz CT molecular complexity index is 2070. The summed E-state index contributed by atoms with van der Waals surface area (Å²) < 4.78 is 0. The molecule has 0 N–H and O–H groups in total. The van der Waals surface area contributed by atoms with Gasteiger partial charge in [0.05, 0.1) is 13.1 Å². The fourth-order valence-corrected chi connectivity index (χ4v) is 4.24. The van der Waals surface area contributed by atoms with Crippen LogP contribution in [0.1, 0.15) is 34.6 Å². The summed E-state index contributed by atoms with van der Waals surface area (Å²) in [6, 6.07) is 33.5. The lowest BCUT2D eigenvalue weighted by molar-refractivity contribution is -0.112. The number of nitrogens with zero attached hydrogens (tertiary/aromatic N) is 4. The minimum atomic E-state index is -0.370. The molecular weight excluding hydrogens is 576 g/mol. The van der Waals surface area contributed by atoms with Crippen molar-refractivity contribution >= 4 is 45.7 Å². The van der Waals surface area contributed by atoms with E-state index < -0.39 is 0 Å². The van der Waals surface area contributed by atoms with Crippen molar-refractivity contribution in [3.63, 3.8) is 0 Å². The molecule has 8 nitrogen and oxygen atoms in total. The summed E-state index contributed by atoms with van der Waals surface area (Å²) in [4.78, 5) is 54.1. The Labute approximate surface area is 265 Å². The van der Waals surface area contributed by atoms with E-state index in [0.717, 1.165) is 0 Å². The van der Waals surface area contributed by atoms with Crippen LogP contribution in [0.25, 0.3) is 32.2 Å². The number of hydrogen-bond donors (Lipinski definition) is 0. The van der Waals surface area contributed by atoms with E-state index in [-0.39, 0.29) is 45.7 Å². The quantitative estimate of drug-likeness (QED) is 0.246. The molecule has 0 atom stereocenters. The molecule has 0 radical (unpaired) electrons. The van der Waals surface area contributed by atoms with Crippen molar-refractivity contribution in [3.05, 3.63) is 164 Å². The third kappa shape index (κ3) is 8.09. The maximum atomic E-state index is 12.6. The molecule has 0 aromatic heterocycles. The first-order valence-electron chi connectivity index (χ1n) is 13.6. The summed E-state index contributed by atoms with van der Waals surface area (Å²) >= 11 is 0. The Morgan fingerprint density at radius 2 is 0.870 bits per heavy atom. The molecule has 46 heavy (non-hydrogen) atoms. The SMILES string of the molecule is [C-]#[N+]C(C(=O)c1ccccc1)=c1ccc(=C(C#N)C(=O)c2ccccc2)cc1.[C-]#[N+]C(C(C)=O)=c1ccc(=C(C#N)C(C)=O)cc1. The van der Waals surface area contributed by atoms with Gasteiger partial charge in [0.15, 0.2) is 17.3 Å². The summed E-state index contributed by atoms with van der Waals surface area (Å²) in [5, 5.41) is 20.2. The van der Waals surface area contributed by atoms with Crippen LogP contribution < -0.4 is 20.9 Å². The maximum absolute atomic E-state index is 12.6. The number of hydrogen-bond acceptors (Lipinski definition) is 6. The number of rotatable bonds is 6. The molecule has 0 amide bonds. The molecule has 0 heterocycles. The second-order valence-corrected chi connectivity index (χ2v) is 9.55. The molecule has 0 spiro atoms. The average molecular weight is 601 g/mol. The molecular formula is C38H24N4O4. The Balaban J connectivity index is 0.000000277. The first kappa shape index (κ1) is 33.5. The predicted octanol–water partition coefficient (Wildman–Crippen LogP) is 3.72. The van der Waals surface area contributed by atoms with Crippen molar-refractivity contribution in [1.29, 1.82) is 10.5 Å². The second kappa shape index (κ2) is 16.0. The number of carbonyl (C=O) groups is 4. The minimum Gasteiger partial charge on any atom is -0.308 e. The predicted molar refractivity (Wildman–Crippen MR) is 172 cm³/mol. The number of ketones is 4. The highest BCUT2D eigenvalue weighted by Gasteiger charge is 2.14. The maximum Gasteiger partial charge on any atom is 0.241 e. The molecule has 0 aliphatic heterocycles. The van der Waals surface area contributed by atoms with Crippen LogP contribution in [-0.4, -0.2) is 23.1 Å².